The van der Waals surface area contributed by atoms with E-state index in [2.05, 4.69) is 18.7 Å². The topological polar surface area (TPSA) is 20.3 Å². The maximum absolute atomic E-state index is 13.3. The van der Waals surface area contributed by atoms with Crippen LogP contribution in [-0.4, -0.2) is 23.9 Å². The van der Waals surface area contributed by atoms with Crippen LogP contribution in [0.2, 0.25) is 0 Å². The Hall–Kier alpha value is -0.530. The van der Waals surface area contributed by atoms with Crippen LogP contribution in [0, 0.1) is 22.2 Å². The summed E-state index contributed by atoms with van der Waals surface area (Å²) in [6.07, 6.45) is 11.5. The van der Waals surface area contributed by atoms with Gasteiger partial charge in [-0.05, 0) is 74.5 Å². The van der Waals surface area contributed by atoms with Crippen LogP contribution < -0.4 is 0 Å². The summed E-state index contributed by atoms with van der Waals surface area (Å²) in [5.41, 5.74) is 0.944. The van der Waals surface area contributed by atoms with Crippen LogP contribution >= 0.6 is 0 Å². The average Bonchev–Trinajstić information content (AvgIpc) is 2.34. The van der Waals surface area contributed by atoms with Crippen LogP contribution in [-0.2, 0) is 4.79 Å². The third kappa shape index (κ3) is 1.86. The van der Waals surface area contributed by atoms with E-state index in [9.17, 15) is 4.79 Å². The van der Waals surface area contributed by atoms with Crippen molar-refractivity contribution >= 4 is 5.91 Å². The monoisotopic (exact) mass is 275 g/mol. The van der Waals surface area contributed by atoms with E-state index >= 15 is 0 Å². The Morgan fingerprint density at radius 3 is 2.05 bits per heavy atom. The second-order valence-electron chi connectivity index (χ2n) is 9.26. The van der Waals surface area contributed by atoms with Gasteiger partial charge in [-0.2, -0.15) is 0 Å². The van der Waals surface area contributed by atoms with Crippen LogP contribution in [0.25, 0.3) is 0 Å². The van der Waals surface area contributed by atoms with Gasteiger partial charge < -0.3 is 4.90 Å². The zero-order chi connectivity index (χ0) is 14.0. The van der Waals surface area contributed by atoms with E-state index < -0.39 is 0 Å². The second kappa shape index (κ2) is 4.01. The van der Waals surface area contributed by atoms with E-state index in [1.807, 2.05) is 0 Å². The fourth-order valence-corrected chi connectivity index (χ4v) is 7.12. The van der Waals surface area contributed by atoms with Crippen molar-refractivity contribution in [3.63, 3.8) is 0 Å². The number of piperidine rings is 1. The van der Waals surface area contributed by atoms with E-state index in [1.165, 1.54) is 57.8 Å². The van der Waals surface area contributed by atoms with Crippen molar-refractivity contribution in [2.75, 3.05) is 13.1 Å². The molecule has 20 heavy (non-hydrogen) atoms. The second-order valence-corrected chi connectivity index (χ2v) is 9.26. The van der Waals surface area contributed by atoms with E-state index in [4.69, 9.17) is 0 Å². The SMILES string of the molecule is CC12CC3CC(C)(C1)CC(C(=O)N1CCCCC1)(C3)C2. The number of likely N-dealkylation sites (tertiary alicyclic amines) is 1. The third-order valence-electron chi connectivity index (χ3n) is 6.72. The molecule has 1 heterocycles. The number of hydrogen-bond donors (Lipinski definition) is 0. The minimum atomic E-state index is 0.0280. The molecule has 4 aliphatic carbocycles. The van der Waals surface area contributed by atoms with Crippen molar-refractivity contribution in [2.24, 2.45) is 22.2 Å². The molecule has 0 spiro atoms. The number of carbonyl (C=O) groups excluding carboxylic acids is 1. The van der Waals surface area contributed by atoms with Crippen molar-refractivity contribution in [3.05, 3.63) is 0 Å². The molecule has 0 aromatic rings. The normalized spacial score (nSPS) is 50.5. The number of amides is 1. The van der Waals surface area contributed by atoms with Gasteiger partial charge in [-0.3, -0.25) is 4.79 Å². The van der Waals surface area contributed by atoms with Gasteiger partial charge in [0.05, 0.1) is 5.41 Å². The molecule has 5 aliphatic rings. The highest BCUT2D eigenvalue weighted by molar-refractivity contribution is 5.83. The molecule has 5 fully saturated rings. The zero-order valence-corrected chi connectivity index (χ0v) is 13.2. The highest BCUT2D eigenvalue weighted by Crippen LogP contribution is 2.69. The summed E-state index contributed by atoms with van der Waals surface area (Å²) < 4.78 is 0. The Labute approximate surface area is 123 Å². The fourth-order valence-electron chi connectivity index (χ4n) is 7.12. The molecule has 1 saturated heterocycles. The molecule has 0 aromatic carbocycles. The quantitative estimate of drug-likeness (QED) is 0.708. The van der Waals surface area contributed by atoms with Crippen molar-refractivity contribution < 1.29 is 4.79 Å². The number of hydrogen-bond acceptors (Lipinski definition) is 1. The first kappa shape index (κ1) is 13.2. The lowest BCUT2D eigenvalue weighted by Gasteiger charge is -2.65. The number of carbonyl (C=O) groups is 1. The molecule has 0 N–H and O–H groups in total. The fraction of sp³-hybridized carbons (Fsp3) is 0.944. The standard InChI is InChI=1S/C18H29NO/c1-16-8-14-9-17(2,11-16)13-18(10-14,12-16)15(20)19-6-4-3-5-7-19/h14H,3-13H2,1-2H3. The van der Waals surface area contributed by atoms with Crippen LogP contribution in [0.4, 0.5) is 0 Å². The Bertz CT molecular complexity index is 419. The van der Waals surface area contributed by atoms with Gasteiger partial charge in [0.25, 0.3) is 0 Å². The smallest absolute Gasteiger partial charge is 0.228 e. The predicted molar refractivity (Wildman–Crippen MR) is 80.3 cm³/mol. The first-order valence-electron chi connectivity index (χ1n) is 8.72. The van der Waals surface area contributed by atoms with Gasteiger partial charge >= 0.3 is 0 Å². The third-order valence-corrected chi connectivity index (χ3v) is 6.72. The van der Waals surface area contributed by atoms with Crippen molar-refractivity contribution in [2.45, 2.75) is 71.6 Å². The lowest BCUT2D eigenvalue weighted by atomic mass is 9.40. The van der Waals surface area contributed by atoms with Crippen molar-refractivity contribution in [1.29, 1.82) is 0 Å². The summed E-state index contributed by atoms with van der Waals surface area (Å²) in [5, 5.41) is 0. The van der Waals surface area contributed by atoms with Gasteiger partial charge in [-0.1, -0.05) is 13.8 Å². The summed E-state index contributed by atoms with van der Waals surface area (Å²) in [4.78, 5) is 15.5. The zero-order valence-electron chi connectivity index (χ0n) is 13.2. The Morgan fingerprint density at radius 2 is 1.50 bits per heavy atom. The summed E-state index contributed by atoms with van der Waals surface area (Å²) in [6, 6.07) is 0. The lowest BCUT2D eigenvalue weighted by Crippen LogP contribution is -2.60. The van der Waals surface area contributed by atoms with Gasteiger partial charge in [-0.25, -0.2) is 0 Å². The molecule has 2 unspecified atom stereocenters. The molecule has 1 amide bonds. The van der Waals surface area contributed by atoms with Gasteiger partial charge in [0, 0.05) is 13.1 Å². The van der Waals surface area contributed by atoms with Crippen LogP contribution in [0.1, 0.15) is 71.6 Å². The molecular formula is C18H29NO. The molecule has 0 radical (unpaired) electrons. The number of nitrogens with zero attached hydrogens (tertiary/aromatic N) is 1. The van der Waals surface area contributed by atoms with E-state index in [0.29, 0.717) is 16.7 Å². The molecule has 0 aromatic heterocycles. The number of rotatable bonds is 1. The van der Waals surface area contributed by atoms with Crippen molar-refractivity contribution in [3.8, 4) is 0 Å². The molecule has 2 nitrogen and oxygen atoms in total. The molecular weight excluding hydrogens is 246 g/mol. The van der Waals surface area contributed by atoms with Crippen LogP contribution in [0.3, 0.4) is 0 Å². The summed E-state index contributed by atoms with van der Waals surface area (Å²) >= 11 is 0. The van der Waals surface area contributed by atoms with E-state index in [-0.39, 0.29) is 5.41 Å². The molecule has 2 atom stereocenters. The molecule has 112 valence electrons. The maximum atomic E-state index is 13.3. The predicted octanol–water partition coefficient (Wildman–Crippen LogP) is 4.00. The van der Waals surface area contributed by atoms with Gasteiger partial charge in [-0.15, -0.1) is 0 Å². The van der Waals surface area contributed by atoms with E-state index in [1.54, 1.807) is 0 Å². The maximum Gasteiger partial charge on any atom is 0.228 e. The van der Waals surface area contributed by atoms with Crippen LogP contribution in [0.5, 0.6) is 0 Å². The summed E-state index contributed by atoms with van der Waals surface area (Å²) in [5.74, 6) is 1.37. The minimum absolute atomic E-state index is 0.0280. The molecule has 2 heteroatoms. The Kier molecular flexibility index (Phi) is 2.64. The first-order valence-corrected chi connectivity index (χ1v) is 8.72. The van der Waals surface area contributed by atoms with Crippen molar-refractivity contribution in [1.82, 2.24) is 4.90 Å². The Balaban J connectivity index is 1.64. The Morgan fingerprint density at radius 1 is 0.900 bits per heavy atom. The highest BCUT2D eigenvalue weighted by atomic mass is 16.2. The lowest BCUT2D eigenvalue weighted by molar-refractivity contribution is -0.180. The van der Waals surface area contributed by atoms with Gasteiger partial charge in [0.2, 0.25) is 5.91 Å². The summed E-state index contributed by atoms with van der Waals surface area (Å²) in [7, 11) is 0. The largest absolute Gasteiger partial charge is 0.342 e. The van der Waals surface area contributed by atoms with Gasteiger partial charge in [0.15, 0.2) is 0 Å². The average molecular weight is 275 g/mol. The molecule has 1 aliphatic heterocycles. The van der Waals surface area contributed by atoms with E-state index in [0.717, 1.165) is 19.0 Å². The van der Waals surface area contributed by atoms with Crippen LogP contribution in [0.15, 0.2) is 0 Å². The van der Waals surface area contributed by atoms with Gasteiger partial charge in [0.1, 0.15) is 0 Å². The first-order chi connectivity index (χ1) is 9.42. The molecule has 4 bridgehead atoms. The summed E-state index contributed by atoms with van der Waals surface area (Å²) in [6.45, 7) is 6.99. The minimum Gasteiger partial charge on any atom is -0.342 e. The molecule has 5 rings (SSSR count). The highest BCUT2D eigenvalue weighted by Gasteiger charge is 2.63. The molecule has 4 saturated carbocycles.